The molecule has 0 aliphatic rings. The van der Waals surface area contributed by atoms with Gasteiger partial charge in [-0.25, -0.2) is 4.79 Å². The van der Waals surface area contributed by atoms with Gasteiger partial charge in [0.25, 0.3) is 0 Å². The molecule has 0 heterocycles. The van der Waals surface area contributed by atoms with Gasteiger partial charge in [-0.15, -0.1) is 0 Å². The van der Waals surface area contributed by atoms with Crippen LogP contribution in [0, 0.1) is 0 Å². The van der Waals surface area contributed by atoms with Gasteiger partial charge in [-0.3, -0.25) is 0 Å². The minimum atomic E-state index is -0.965. The second kappa shape index (κ2) is 6.75. The van der Waals surface area contributed by atoms with E-state index < -0.39 is 5.97 Å². The second-order valence-corrected chi connectivity index (χ2v) is 4.68. The van der Waals surface area contributed by atoms with E-state index >= 15 is 0 Å². The highest BCUT2D eigenvalue weighted by Gasteiger charge is 2.08. The lowest BCUT2D eigenvalue weighted by Crippen LogP contribution is -1.96. The molecule has 0 radical (unpaired) electrons. The molecule has 0 bridgehead atoms. The average molecular weight is 282 g/mol. The summed E-state index contributed by atoms with van der Waals surface area (Å²) in [6.07, 6.45) is 2.19. The molecule has 0 amide bonds. The third-order valence-electron chi connectivity index (χ3n) is 3.32. The molecule has 108 valence electrons. The first kappa shape index (κ1) is 14.9. The average Bonchev–Trinajstić information content (AvgIpc) is 2.52. The SMILES string of the molecule is CCc1ccc(/C(=C/C(=O)O)c2cccc(OC)c2)cc1. The van der Waals surface area contributed by atoms with E-state index in [1.165, 1.54) is 11.6 Å². The molecule has 0 saturated carbocycles. The van der Waals surface area contributed by atoms with Crippen LogP contribution in [0.2, 0.25) is 0 Å². The molecule has 0 saturated heterocycles. The van der Waals surface area contributed by atoms with Gasteiger partial charge in [0.05, 0.1) is 7.11 Å². The van der Waals surface area contributed by atoms with Crippen molar-refractivity contribution in [1.82, 2.24) is 0 Å². The van der Waals surface area contributed by atoms with Crippen LogP contribution in [0.15, 0.2) is 54.6 Å². The molecule has 0 aliphatic heterocycles. The summed E-state index contributed by atoms with van der Waals surface area (Å²) in [6, 6.07) is 15.3. The fraction of sp³-hybridized carbons (Fsp3) is 0.167. The molecule has 0 atom stereocenters. The Morgan fingerprint density at radius 1 is 1.14 bits per heavy atom. The molecule has 2 rings (SSSR count). The summed E-state index contributed by atoms with van der Waals surface area (Å²) in [5.74, 6) is -0.263. The van der Waals surface area contributed by atoms with Crippen molar-refractivity contribution < 1.29 is 14.6 Å². The molecule has 0 spiro atoms. The highest BCUT2D eigenvalue weighted by molar-refractivity contribution is 5.95. The van der Waals surface area contributed by atoms with Crippen molar-refractivity contribution in [2.45, 2.75) is 13.3 Å². The molecule has 21 heavy (non-hydrogen) atoms. The van der Waals surface area contributed by atoms with Crippen LogP contribution in [0.25, 0.3) is 5.57 Å². The molecular weight excluding hydrogens is 264 g/mol. The first-order valence-corrected chi connectivity index (χ1v) is 6.82. The van der Waals surface area contributed by atoms with E-state index in [1.54, 1.807) is 7.11 Å². The standard InChI is InChI=1S/C18H18O3/c1-3-13-7-9-14(10-8-13)17(12-18(19)20)15-5-4-6-16(11-15)21-2/h4-12H,3H2,1-2H3,(H,19,20)/b17-12-. The molecule has 0 fully saturated rings. The third kappa shape index (κ3) is 3.72. The topological polar surface area (TPSA) is 46.5 Å². The van der Waals surface area contributed by atoms with Crippen LogP contribution in [0.1, 0.15) is 23.6 Å². The van der Waals surface area contributed by atoms with Crippen LogP contribution in [-0.2, 0) is 11.2 Å². The number of carbonyl (C=O) groups is 1. The van der Waals surface area contributed by atoms with Crippen LogP contribution in [0.4, 0.5) is 0 Å². The first-order valence-electron chi connectivity index (χ1n) is 6.82. The number of aliphatic carboxylic acids is 1. The van der Waals surface area contributed by atoms with Crippen molar-refractivity contribution in [3.8, 4) is 5.75 Å². The highest BCUT2D eigenvalue weighted by atomic mass is 16.5. The van der Waals surface area contributed by atoms with Gasteiger partial charge in [-0.2, -0.15) is 0 Å². The number of carboxylic acid groups (broad SMARTS) is 1. The Hall–Kier alpha value is -2.55. The van der Waals surface area contributed by atoms with Crippen molar-refractivity contribution in [2.75, 3.05) is 7.11 Å². The molecule has 3 heteroatoms. The summed E-state index contributed by atoms with van der Waals surface area (Å²) in [4.78, 5) is 11.1. The maximum Gasteiger partial charge on any atom is 0.328 e. The zero-order chi connectivity index (χ0) is 15.2. The normalized spacial score (nSPS) is 11.2. The summed E-state index contributed by atoms with van der Waals surface area (Å²) in [6.45, 7) is 2.09. The minimum Gasteiger partial charge on any atom is -0.497 e. The lowest BCUT2D eigenvalue weighted by molar-refractivity contribution is -0.131. The van der Waals surface area contributed by atoms with E-state index in [9.17, 15) is 4.79 Å². The molecule has 2 aromatic rings. The van der Waals surface area contributed by atoms with Crippen molar-refractivity contribution >= 4 is 11.5 Å². The van der Waals surface area contributed by atoms with E-state index in [0.717, 1.165) is 17.5 Å². The van der Waals surface area contributed by atoms with E-state index in [0.29, 0.717) is 11.3 Å². The molecule has 0 unspecified atom stereocenters. The van der Waals surface area contributed by atoms with Gasteiger partial charge in [-0.05, 0) is 40.8 Å². The lowest BCUT2D eigenvalue weighted by atomic mass is 9.96. The number of ether oxygens (including phenoxy) is 1. The van der Waals surface area contributed by atoms with E-state index in [2.05, 4.69) is 6.92 Å². The monoisotopic (exact) mass is 282 g/mol. The van der Waals surface area contributed by atoms with Gasteiger partial charge in [-0.1, -0.05) is 43.3 Å². The number of hydrogen-bond acceptors (Lipinski definition) is 2. The predicted octanol–water partition coefficient (Wildman–Crippen LogP) is 3.77. The summed E-state index contributed by atoms with van der Waals surface area (Å²) in [5.41, 5.74) is 3.59. The summed E-state index contributed by atoms with van der Waals surface area (Å²) in [7, 11) is 1.59. The quantitative estimate of drug-likeness (QED) is 0.849. The van der Waals surface area contributed by atoms with E-state index in [4.69, 9.17) is 9.84 Å². The van der Waals surface area contributed by atoms with Crippen LogP contribution >= 0.6 is 0 Å². The van der Waals surface area contributed by atoms with Crippen molar-refractivity contribution in [3.63, 3.8) is 0 Å². The number of methoxy groups -OCH3 is 1. The lowest BCUT2D eigenvalue weighted by Gasteiger charge is -2.10. The highest BCUT2D eigenvalue weighted by Crippen LogP contribution is 2.26. The van der Waals surface area contributed by atoms with Gasteiger partial charge in [0.15, 0.2) is 0 Å². The van der Waals surface area contributed by atoms with Gasteiger partial charge in [0.2, 0.25) is 0 Å². The van der Waals surface area contributed by atoms with Gasteiger partial charge in [0, 0.05) is 6.08 Å². The molecule has 0 aliphatic carbocycles. The molecular formula is C18H18O3. The Bertz CT molecular complexity index is 654. The van der Waals surface area contributed by atoms with Crippen LogP contribution in [-0.4, -0.2) is 18.2 Å². The zero-order valence-corrected chi connectivity index (χ0v) is 12.2. The van der Waals surface area contributed by atoms with Crippen molar-refractivity contribution in [3.05, 3.63) is 71.3 Å². The smallest absolute Gasteiger partial charge is 0.328 e. The van der Waals surface area contributed by atoms with Gasteiger partial charge >= 0.3 is 5.97 Å². The van der Waals surface area contributed by atoms with Gasteiger partial charge < -0.3 is 9.84 Å². The summed E-state index contributed by atoms with van der Waals surface area (Å²) >= 11 is 0. The maximum atomic E-state index is 11.1. The Morgan fingerprint density at radius 3 is 2.43 bits per heavy atom. The molecule has 2 aromatic carbocycles. The Labute approximate surface area is 124 Å². The number of carboxylic acids is 1. The fourth-order valence-electron chi connectivity index (χ4n) is 2.17. The maximum absolute atomic E-state index is 11.1. The van der Waals surface area contributed by atoms with Crippen molar-refractivity contribution in [1.29, 1.82) is 0 Å². The van der Waals surface area contributed by atoms with E-state index in [-0.39, 0.29) is 0 Å². The predicted molar refractivity (Wildman–Crippen MR) is 83.5 cm³/mol. The minimum absolute atomic E-state index is 0.670. The Morgan fingerprint density at radius 2 is 1.86 bits per heavy atom. The molecule has 3 nitrogen and oxygen atoms in total. The largest absolute Gasteiger partial charge is 0.497 e. The van der Waals surface area contributed by atoms with Crippen LogP contribution in [0.3, 0.4) is 0 Å². The summed E-state index contributed by atoms with van der Waals surface area (Å²) < 4.78 is 5.21. The third-order valence-corrected chi connectivity index (χ3v) is 3.32. The Balaban J connectivity index is 2.49. The number of hydrogen-bond donors (Lipinski definition) is 1. The second-order valence-electron chi connectivity index (χ2n) is 4.68. The van der Waals surface area contributed by atoms with Crippen LogP contribution in [0.5, 0.6) is 5.75 Å². The number of aryl methyl sites for hydroxylation is 1. The fourth-order valence-corrected chi connectivity index (χ4v) is 2.17. The van der Waals surface area contributed by atoms with Crippen LogP contribution < -0.4 is 4.74 Å². The first-order chi connectivity index (χ1) is 10.1. The van der Waals surface area contributed by atoms with E-state index in [1.807, 2.05) is 48.5 Å². The number of benzene rings is 2. The van der Waals surface area contributed by atoms with Crippen molar-refractivity contribution in [2.24, 2.45) is 0 Å². The Kier molecular flexibility index (Phi) is 4.77. The molecule has 0 aromatic heterocycles. The zero-order valence-electron chi connectivity index (χ0n) is 12.2. The summed E-state index contributed by atoms with van der Waals surface area (Å²) in [5, 5.41) is 9.13. The molecule has 1 N–H and O–H groups in total. The number of rotatable bonds is 5. The van der Waals surface area contributed by atoms with Gasteiger partial charge in [0.1, 0.15) is 5.75 Å².